The van der Waals surface area contributed by atoms with Crippen LogP contribution in [0, 0.1) is 0 Å². The van der Waals surface area contributed by atoms with Crippen LogP contribution in [-0.2, 0) is 6.42 Å². The number of aromatic nitrogens is 4. The minimum Gasteiger partial charge on any atom is -0.397 e. The van der Waals surface area contributed by atoms with Crippen molar-refractivity contribution < 1.29 is 0 Å². The number of para-hydroxylation sites is 2. The molecule has 1 aromatic carbocycles. The van der Waals surface area contributed by atoms with E-state index in [1.54, 1.807) is 4.68 Å². The van der Waals surface area contributed by atoms with Gasteiger partial charge < -0.3 is 10.6 Å². The van der Waals surface area contributed by atoms with Crippen molar-refractivity contribution in [2.45, 2.75) is 20.3 Å². The second kappa shape index (κ2) is 6.29. The molecule has 6 heteroatoms. The zero-order chi connectivity index (χ0) is 13.7. The van der Waals surface area contributed by atoms with Gasteiger partial charge in [0.1, 0.15) is 0 Å². The molecular formula is C13H20N6. The summed E-state index contributed by atoms with van der Waals surface area (Å²) < 4.78 is 1.72. The topological polar surface area (TPSA) is 72.9 Å². The first-order chi connectivity index (χ1) is 9.26. The van der Waals surface area contributed by atoms with Gasteiger partial charge in [0.2, 0.25) is 0 Å². The van der Waals surface area contributed by atoms with Gasteiger partial charge in [-0.2, -0.15) is 4.68 Å². The average molecular weight is 260 g/mol. The summed E-state index contributed by atoms with van der Waals surface area (Å²) >= 11 is 0. The number of benzene rings is 1. The van der Waals surface area contributed by atoms with Gasteiger partial charge in [0.15, 0.2) is 5.82 Å². The number of nitrogen functional groups attached to an aromatic ring is 1. The minimum absolute atomic E-state index is 0.680. The number of likely N-dealkylation sites (N-methyl/N-ethyl adjacent to an activating group) is 1. The van der Waals surface area contributed by atoms with Gasteiger partial charge in [-0.3, -0.25) is 0 Å². The lowest BCUT2D eigenvalue weighted by molar-refractivity contribution is 0.305. The van der Waals surface area contributed by atoms with E-state index in [0.717, 1.165) is 37.6 Å². The van der Waals surface area contributed by atoms with Crippen molar-refractivity contribution in [2.75, 3.05) is 25.4 Å². The molecule has 0 radical (unpaired) electrons. The van der Waals surface area contributed by atoms with Crippen LogP contribution >= 0.6 is 0 Å². The van der Waals surface area contributed by atoms with Gasteiger partial charge in [0.25, 0.3) is 0 Å². The third kappa shape index (κ3) is 3.08. The summed E-state index contributed by atoms with van der Waals surface area (Å²) in [7, 11) is 0. The van der Waals surface area contributed by atoms with Gasteiger partial charge in [0, 0.05) is 13.0 Å². The Bertz CT molecular complexity index is 517. The molecule has 102 valence electrons. The van der Waals surface area contributed by atoms with Crippen LogP contribution in [0.3, 0.4) is 0 Å². The van der Waals surface area contributed by atoms with Crippen molar-refractivity contribution in [1.82, 2.24) is 25.1 Å². The zero-order valence-electron chi connectivity index (χ0n) is 11.5. The fourth-order valence-corrected chi connectivity index (χ4v) is 2.03. The van der Waals surface area contributed by atoms with E-state index in [9.17, 15) is 0 Å². The van der Waals surface area contributed by atoms with Crippen molar-refractivity contribution in [3.05, 3.63) is 30.1 Å². The van der Waals surface area contributed by atoms with Gasteiger partial charge in [-0.05, 0) is 35.6 Å². The van der Waals surface area contributed by atoms with Crippen molar-refractivity contribution in [3.63, 3.8) is 0 Å². The number of tetrazole rings is 1. The Morgan fingerprint density at radius 3 is 2.63 bits per heavy atom. The second-order valence-corrected chi connectivity index (χ2v) is 4.34. The summed E-state index contributed by atoms with van der Waals surface area (Å²) in [5.74, 6) is 0.838. The van der Waals surface area contributed by atoms with Crippen LogP contribution in [0.25, 0.3) is 5.69 Å². The standard InChI is InChI=1S/C13H20N6/c1-3-18(4-2)10-9-13-15-16-17-19(13)12-8-6-5-7-11(12)14/h5-8H,3-4,9-10,14H2,1-2H3. The average Bonchev–Trinajstić information content (AvgIpc) is 2.89. The number of anilines is 1. The largest absolute Gasteiger partial charge is 0.397 e. The molecule has 0 bridgehead atoms. The van der Waals surface area contributed by atoms with Crippen LogP contribution in [0.4, 0.5) is 5.69 Å². The van der Waals surface area contributed by atoms with E-state index in [2.05, 4.69) is 34.3 Å². The Morgan fingerprint density at radius 1 is 1.21 bits per heavy atom. The highest BCUT2D eigenvalue weighted by molar-refractivity contribution is 5.56. The molecule has 6 nitrogen and oxygen atoms in total. The normalized spacial score (nSPS) is 11.1. The van der Waals surface area contributed by atoms with E-state index in [-0.39, 0.29) is 0 Å². The quantitative estimate of drug-likeness (QED) is 0.788. The third-order valence-electron chi connectivity index (χ3n) is 3.25. The van der Waals surface area contributed by atoms with E-state index >= 15 is 0 Å². The van der Waals surface area contributed by atoms with Crippen molar-refractivity contribution in [3.8, 4) is 5.69 Å². The molecule has 0 saturated heterocycles. The van der Waals surface area contributed by atoms with Crippen LogP contribution < -0.4 is 5.73 Å². The Morgan fingerprint density at radius 2 is 1.95 bits per heavy atom. The fourth-order valence-electron chi connectivity index (χ4n) is 2.03. The molecule has 0 aliphatic heterocycles. The third-order valence-corrected chi connectivity index (χ3v) is 3.25. The molecule has 1 heterocycles. The van der Waals surface area contributed by atoms with Gasteiger partial charge in [-0.25, -0.2) is 0 Å². The fraction of sp³-hybridized carbons (Fsp3) is 0.462. The summed E-state index contributed by atoms with van der Waals surface area (Å²) in [6.07, 6.45) is 0.809. The first-order valence-corrected chi connectivity index (χ1v) is 6.60. The summed E-state index contributed by atoms with van der Waals surface area (Å²) in [4.78, 5) is 2.34. The molecule has 0 fully saturated rings. The van der Waals surface area contributed by atoms with E-state index in [0.29, 0.717) is 5.69 Å². The molecule has 0 amide bonds. The first kappa shape index (κ1) is 13.5. The second-order valence-electron chi connectivity index (χ2n) is 4.34. The molecule has 0 unspecified atom stereocenters. The zero-order valence-corrected chi connectivity index (χ0v) is 11.5. The molecule has 2 rings (SSSR count). The highest BCUT2D eigenvalue weighted by atomic mass is 15.5. The maximum Gasteiger partial charge on any atom is 0.158 e. The van der Waals surface area contributed by atoms with Crippen LogP contribution in [0.1, 0.15) is 19.7 Å². The number of nitrogens with two attached hydrogens (primary N) is 1. The lowest BCUT2D eigenvalue weighted by Gasteiger charge is -2.17. The van der Waals surface area contributed by atoms with Crippen molar-refractivity contribution in [2.24, 2.45) is 0 Å². The molecule has 0 saturated carbocycles. The monoisotopic (exact) mass is 260 g/mol. The summed E-state index contributed by atoms with van der Waals surface area (Å²) in [6, 6.07) is 7.61. The van der Waals surface area contributed by atoms with E-state index in [1.165, 1.54) is 0 Å². The lowest BCUT2D eigenvalue weighted by Crippen LogP contribution is -2.26. The van der Waals surface area contributed by atoms with E-state index in [1.807, 2.05) is 24.3 Å². The van der Waals surface area contributed by atoms with Gasteiger partial charge in [0.05, 0.1) is 11.4 Å². The number of hydrogen-bond donors (Lipinski definition) is 1. The van der Waals surface area contributed by atoms with E-state index < -0.39 is 0 Å². The van der Waals surface area contributed by atoms with E-state index in [4.69, 9.17) is 5.73 Å². The van der Waals surface area contributed by atoms with Crippen LogP contribution in [0.2, 0.25) is 0 Å². The van der Waals surface area contributed by atoms with Crippen LogP contribution in [-0.4, -0.2) is 44.7 Å². The number of rotatable bonds is 6. The maximum absolute atomic E-state index is 5.96. The highest BCUT2D eigenvalue weighted by Gasteiger charge is 2.11. The summed E-state index contributed by atoms with van der Waals surface area (Å²) in [6.45, 7) is 7.32. The number of hydrogen-bond acceptors (Lipinski definition) is 5. The van der Waals surface area contributed by atoms with Gasteiger partial charge >= 0.3 is 0 Å². The SMILES string of the molecule is CCN(CC)CCc1nnnn1-c1ccccc1N. The molecule has 0 spiro atoms. The lowest BCUT2D eigenvalue weighted by atomic mass is 10.2. The minimum atomic E-state index is 0.680. The van der Waals surface area contributed by atoms with Crippen LogP contribution in [0.15, 0.2) is 24.3 Å². The molecular weight excluding hydrogens is 240 g/mol. The highest BCUT2D eigenvalue weighted by Crippen LogP contribution is 2.16. The Hall–Kier alpha value is -1.95. The van der Waals surface area contributed by atoms with Crippen LogP contribution in [0.5, 0.6) is 0 Å². The predicted molar refractivity (Wildman–Crippen MR) is 75.1 cm³/mol. The maximum atomic E-state index is 5.96. The molecule has 0 aliphatic carbocycles. The molecule has 2 N–H and O–H groups in total. The number of nitrogens with zero attached hydrogens (tertiary/aromatic N) is 5. The predicted octanol–water partition coefficient (Wildman–Crippen LogP) is 1.13. The first-order valence-electron chi connectivity index (χ1n) is 6.60. The Balaban J connectivity index is 2.16. The summed E-state index contributed by atoms with van der Waals surface area (Å²) in [5, 5.41) is 11.9. The molecule has 0 atom stereocenters. The Labute approximate surface area is 113 Å². The van der Waals surface area contributed by atoms with Gasteiger partial charge in [-0.1, -0.05) is 26.0 Å². The Kier molecular flexibility index (Phi) is 4.46. The molecule has 0 aliphatic rings. The van der Waals surface area contributed by atoms with Gasteiger partial charge in [-0.15, -0.1) is 5.10 Å². The smallest absolute Gasteiger partial charge is 0.158 e. The molecule has 2 aromatic rings. The van der Waals surface area contributed by atoms with Crippen molar-refractivity contribution in [1.29, 1.82) is 0 Å². The summed E-state index contributed by atoms with van der Waals surface area (Å²) in [5.41, 5.74) is 7.48. The molecule has 1 aromatic heterocycles. The van der Waals surface area contributed by atoms with Crippen molar-refractivity contribution >= 4 is 5.69 Å². The molecule has 19 heavy (non-hydrogen) atoms.